The molecule has 2 heterocycles. The van der Waals surface area contributed by atoms with Crippen LogP contribution >= 0.6 is 0 Å². The van der Waals surface area contributed by atoms with E-state index in [1.807, 2.05) is 0 Å². The second kappa shape index (κ2) is 5.91. The maximum atomic E-state index is 6.12. The Morgan fingerprint density at radius 3 is 2.09 bits per heavy atom. The molecule has 2 fully saturated rings. The van der Waals surface area contributed by atoms with E-state index in [1.54, 1.807) is 0 Å². The van der Waals surface area contributed by atoms with E-state index in [0.717, 1.165) is 17.9 Å². The fraction of sp³-hybridized carbons (Fsp3) is 0.684. The van der Waals surface area contributed by atoms with Crippen molar-refractivity contribution in [3.63, 3.8) is 0 Å². The largest absolute Gasteiger partial charge is 0.494 e. The Hall–Kier alpha value is -0.835. The van der Waals surface area contributed by atoms with Crippen LogP contribution in [0.3, 0.4) is 0 Å². The Labute approximate surface area is 141 Å². The Kier molecular flexibility index (Phi) is 4.37. The van der Waals surface area contributed by atoms with Crippen molar-refractivity contribution in [3.8, 4) is 0 Å². The highest BCUT2D eigenvalue weighted by Gasteiger charge is 2.51. The van der Waals surface area contributed by atoms with Crippen molar-refractivity contribution in [2.45, 2.75) is 71.8 Å². The lowest BCUT2D eigenvalue weighted by Gasteiger charge is -2.32. The van der Waals surface area contributed by atoms with Crippen molar-refractivity contribution in [1.29, 1.82) is 0 Å². The summed E-state index contributed by atoms with van der Waals surface area (Å²) in [6.45, 7) is 15.3. The summed E-state index contributed by atoms with van der Waals surface area (Å²) in [5.41, 5.74) is 1.91. The molecule has 2 aliphatic heterocycles. The first-order valence-corrected chi connectivity index (χ1v) is 8.88. The zero-order valence-electron chi connectivity index (χ0n) is 15.4. The van der Waals surface area contributed by atoms with Gasteiger partial charge in [0.05, 0.1) is 11.2 Å². The highest BCUT2D eigenvalue weighted by atomic mass is 16.7. The van der Waals surface area contributed by atoms with Crippen LogP contribution in [0.5, 0.6) is 0 Å². The lowest BCUT2D eigenvalue weighted by molar-refractivity contribution is 0.00578. The van der Waals surface area contributed by atoms with Crippen LogP contribution in [0, 0.1) is 5.92 Å². The standard InChI is InChI=1S/C19H30BNO2/c1-14-11-12-21(15(14)2)13-16-7-9-17(10-8-16)20-22-18(3,4)19(5,6)23-20/h7-10,14-15H,11-13H2,1-6H3. The minimum atomic E-state index is -0.280. The molecule has 0 bridgehead atoms. The van der Waals surface area contributed by atoms with E-state index >= 15 is 0 Å². The van der Waals surface area contributed by atoms with Crippen LogP contribution in [-0.2, 0) is 15.9 Å². The Morgan fingerprint density at radius 2 is 1.61 bits per heavy atom. The molecular formula is C19H30BNO2. The smallest absolute Gasteiger partial charge is 0.399 e. The fourth-order valence-corrected chi connectivity index (χ4v) is 3.39. The van der Waals surface area contributed by atoms with E-state index in [1.165, 1.54) is 18.5 Å². The summed E-state index contributed by atoms with van der Waals surface area (Å²) in [5, 5.41) is 0. The van der Waals surface area contributed by atoms with Crippen LogP contribution in [0.1, 0.15) is 53.5 Å². The van der Waals surface area contributed by atoms with Gasteiger partial charge in [0.15, 0.2) is 0 Å². The normalized spacial score (nSPS) is 30.1. The molecule has 3 nitrogen and oxygen atoms in total. The second-order valence-electron chi connectivity index (χ2n) is 8.31. The van der Waals surface area contributed by atoms with Gasteiger partial charge >= 0.3 is 7.12 Å². The molecule has 0 aliphatic carbocycles. The zero-order valence-corrected chi connectivity index (χ0v) is 15.4. The topological polar surface area (TPSA) is 21.7 Å². The molecule has 0 spiro atoms. The van der Waals surface area contributed by atoms with E-state index in [4.69, 9.17) is 9.31 Å². The van der Waals surface area contributed by atoms with Crippen molar-refractivity contribution in [3.05, 3.63) is 29.8 Å². The first-order chi connectivity index (χ1) is 10.7. The van der Waals surface area contributed by atoms with Crippen molar-refractivity contribution < 1.29 is 9.31 Å². The van der Waals surface area contributed by atoms with Gasteiger partial charge in [-0.3, -0.25) is 4.90 Å². The fourth-order valence-electron chi connectivity index (χ4n) is 3.39. The van der Waals surface area contributed by atoms with Gasteiger partial charge in [0, 0.05) is 12.6 Å². The molecule has 0 N–H and O–H groups in total. The summed E-state index contributed by atoms with van der Waals surface area (Å²) in [4.78, 5) is 2.58. The van der Waals surface area contributed by atoms with Crippen molar-refractivity contribution >= 4 is 12.6 Å². The maximum Gasteiger partial charge on any atom is 0.494 e. The molecule has 0 radical (unpaired) electrons. The van der Waals surface area contributed by atoms with Gasteiger partial charge in [-0.2, -0.15) is 0 Å². The Morgan fingerprint density at radius 1 is 1.04 bits per heavy atom. The molecule has 2 atom stereocenters. The van der Waals surface area contributed by atoms with Gasteiger partial charge in [0.1, 0.15) is 0 Å². The summed E-state index contributed by atoms with van der Waals surface area (Å²) in [6.07, 6.45) is 1.31. The average Bonchev–Trinajstić information content (AvgIpc) is 2.89. The monoisotopic (exact) mass is 315 g/mol. The van der Waals surface area contributed by atoms with Crippen LogP contribution in [-0.4, -0.2) is 35.8 Å². The predicted octanol–water partition coefficient (Wildman–Crippen LogP) is 3.22. The minimum Gasteiger partial charge on any atom is -0.399 e. The minimum absolute atomic E-state index is 0.264. The summed E-state index contributed by atoms with van der Waals surface area (Å²) in [7, 11) is -0.264. The summed E-state index contributed by atoms with van der Waals surface area (Å²) < 4.78 is 12.2. The number of rotatable bonds is 3. The maximum absolute atomic E-state index is 6.12. The third kappa shape index (κ3) is 3.22. The van der Waals surface area contributed by atoms with Crippen LogP contribution in [0.15, 0.2) is 24.3 Å². The molecule has 1 aromatic rings. The molecule has 2 aliphatic rings. The van der Waals surface area contributed by atoms with Crippen LogP contribution in [0.25, 0.3) is 0 Å². The molecule has 126 valence electrons. The van der Waals surface area contributed by atoms with E-state index in [2.05, 4.69) is 70.7 Å². The molecule has 3 rings (SSSR count). The number of benzene rings is 1. The lowest BCUT2D eigenvalue weighted by atomic mass is 9.79. The van der Waals surface area contributed by atoms with Gasteiger partial charge in [-0.05, 0) is 64.5 Å². The van der Waals surface area contributed by atoms with Crippen LogP contribution in [0.2, 0.25) is 0 Å². The number of hydrogen-bond donors (Lipinski definition) is 0. The first-order valence-electron chi connectivity index (χ1n) is 8.88. The van der Waals surface area contributed by atoms with E-state index in [-0.39, 0.29) is 18.3 Å². The van der Waals surface area contributed by atoms with Crippen molar-refractivity contribution in [1.82, 2.24) is 4.90 Å². The van der Waals surface area contributed by atoms with Gasteiger partial charge in [-0.15, -0.1) is 0 Å². The Bertz CT molecular complexity index is 539. The summed E-state index contributed by atoms with van der Waals surface area (Å²) >= 11 is 0. The van der Waals surface area contributed by atoms with Crippen LogP contribution in [0.4, 0.5) is 0 Å². The summed E-state index contributed by atoms with van der Waals surface area (Å²) in [6, 6.07) is 9.42. The highest BCUT2D eigenvalue weighted by molar-refractivity contribution is 6.62. The quantitative estimate of drug-likeness (QED) is 0.800. The third-order valence-corrected chi connectivity index (χ3v) is 6.16. The summed E-state index contributed by atoms with van der Waals surface area (Å²) in [5.74, 6) is 0.805. The lowest BCUT2D eigenvalue weighted by Crippen LogP contribution is -2.41. The molecule has 2 saturated heterocycles. The van der Waals surface area contributed by atoms with Crippen molar-refractivity contribution in [2.24, 2.45) is 5.92 Å². The Balaban J connectivity index is 1.66. The number of likely N-dealkylation sites (tertiary alicyclic amines) is 1. The van der Waals surface area contributed by atoms with E-state index < -0.39 is 0 Å². The van der Waals surface area contributed by atoms with Crippen molar-refractivity contribution in [2.75, 3.05) is 6.54 Å². The van der Waals surface area contributed by atoms with Gasteiger partial charge in [-0.1, -0.05) is 31.2 Å². The van der Waals surface area contributed by atoms with Gasteiger partial charge in [0.2, 0.25) is 0 Å². The molecule has 0 saturated carbocycles. The van der Waals surface area contributed by atoms with E-state index in [0.29, 0.717) is 6.04 Å². The van der Waals surface area contributed by atoms with Crippen LogP contribution < -0.4 is 5.46 Å². The molecule has 0 aromatic heterocycles. The third-order valence-electron chi connectivity index (χ3n) is 6.16. The van der Waals surface area contributed by atoms with Gasteiger partial charge in [0.25, 0.3) is 0 Å². The molecule has 1 aromatic carbocycles. The predicted molar refractivity (Wildman–Crippen MR) is 95.8 cm³/mol. The average molecular weight is 315 g/mol. The first kappa shape index (κ1) is 17.0. The zero-order chi connectivity index (χ0) is 16.8. The molecule has 0 amide bonds. The number of hydrogen-bond acceptors (Lipinski definition) is 3. The molecule has 2 unspecified atom stereocenters. The van der Waals surface area contributed by atoms with E-state index in [9.17, 15) is 0 Å². The molecular weight excluding hydrogens is 285 g/mol. The van der Waals surface area contributed by atoms with Gasteiger partial charge in [-0.25, -0.2) is 0 Å². The second-order valence-corrected chi connectivity index (χ2v) is 8.31. The number of nitrogens with zero attached hydrogens (tertiary/aromatic N) is 1. The highest BCUT2D eigenvalue weighted by Crippen LogP contribution is 2.36. The SMILES string of the molecule is CC1CCN(Cc2ccc(B3OC(C)(C)C(C)(C)O3)cc2)C1C. The molecule has 23 heavy (non-hydrogen) atoms. The van der Waals surface area contributed by atoms with Gasteiger partial charge < -0.3 is 9.31 Å². The molecule has 4 heteroatoms.